The van der Waals surface area contributed by atoms with Gasteiger partial charge in [-0.1, -0.05) is 18.2 Å². The van der Waals surface area contributed by atoms with Gasteiger partial charge in [-0.05, 0) is 50.1 Å². The van der Waals surface area contributed by atoms with Crippen molar-refractivity contribution < 1.29 is 24.6 Å². The molecule has 1 amide bonds. The third kappa shape index (κ3) is 5.03. The van der Waals surface area contributed by atoms with Crippen molar-refractivity contribution in [2.24, 2.45) is 5.92 Å². The van der Waals surface area contributed by atoms with Crippen LogP contribution in [0.25, 0.3) is 16.5 Å². The van der Waals surface area contributed by atoms with Gasteiger partial charge in [0.15, 0.2) is 0 Å². The fraction of sp³-hybridized carbons (Fsp3) is 0.348. The first-order valence-corrected chi connectivity index (χ1v) is 10.1. The Morgan fingerprint density at radius 1 is 1.19 bits per heavy atom. The molecule has 2 aliphatic rings. The predicted molar refractivity (Wildman–Crippen MR) is 118 cm³/mol. The number of H-pyrrole nitrogens is 1. The van der Waals surface area contributed by atoms with Gasteiger partial charge in [-0.25, -0.2) is 9.59 Å². The molecule has 1 aromatic heterocycles. The first-order chi connectivity index (χ1) is 14.7. The first kappa shape index (κ1) is 22.3. The summed E-state index contributed by atoms with van der Waals surface area (Å²) in [5.41, 5.74) is 5.16. The third-order valence-corrected chi connectivity index (χ3v) is 5.40. The van der Waals surface area contributed by atoms with Gasteiger partial charge in [-0.3, -0.25) is 9.69 Å². The summed E-state index contributed by atoms with van der Waals surface area (Å²) in [5.74, 6) is -2.46. The van der Waals surface area contributed by atoms with E-state index in [-0.39, 0.29) is 17.9 Å². The molecule has 0 spiro atoms. The van der Waals surface area contributed by atoms with Crippen LogP contribution in [0.15, 0.2) is 42.6 Å². The highest BCUT2D eigenvalue weighted by atomic mass is 16.4. The second kappa shape index (κ2) is 9.18. The van der Waals surface area contributed by atoms with E-state index in [0.717, 1.165) is 13.0 Å². The molecule has 1 aliphatic heterocycles. The van der Waals surface area contributed by atoms with E-state index in [1.807, 2.05) is 13.8 Å². The number of likely N-dealkylation sites (N-methyl/N-ethyl adjacent to an activating group) is 1. The molecule has 0 bridgehead atoms. The van der Waals surface area contributed by atoms with Gasteiger partial charge >= 0.3 is 11.9 Å². The highest BCUT2D eigenvalue weighted by molar-refractivity contribution is 5.99. The number of nitrogens with one attached hydrogen (secondary N) is 2. The van der Waals surface area contributed by atoms with Crippen molar-refractivity contribution in [2.45, 2.75) is 32.4 Å². The SMILES string of the molecule is CC(C)NC(=O)C1C=C2c3cccc4[nH]cc(c34)CC2N(C)C1.O=C(O)C=CC(=O)O. The smallest absolute Gasteiger partial charge is 0.328 e. The highest BCUT2D eigenvalue weighted by Gasteiger charge is 2.35. The fourth-order valence-corrected chi connectivity index (χ4v) is 4.15. The molecule has 8 heteroatoms. The Kier molecular flexibility index (Phi) is 6.60. The number of aromatic amines is 1. The van der Waals surface area contributed by atoms with Crippen molar-refractivity contribution in [3.05, 3.63) is 53.8 Å². The number of carboxylic acids is 2. The topological polar surface area (TPSA) is 123 Å². The van der Waals surface area contributed by atoms with Crippen molar-refractivity contribution in [3.8, 4) is 0 Å². The molecule has 0 saturated heterocycles. The van der Waals surface area contributed by atoms with Crippen LogP contribution in [0.4, 0.5) is 0 Å². The zero-order valence-electron chi connectivity index (χ0n) is 17.8. The van der Waals surface area contributed by atoms with Crippen LogP contribution in [0.3, 0.4) is 0 Å². The summed E-state index contributed by atoms with van der Waals surface area (Å²) < 4.78 is 0. The molecule has 2 heterocycles. The Morgan fingerprint density at radius 2 is 1.87 bits per heavy atom. The number of nitrogens with zero attached hydrogens (tertiary/aromatic N) is 1. The maximum absolute atomic E-state index is 12.5. The van der Waals surface area contributed by atoms with Crippen LogP contribution >= 0.6 is 0 Å². The summed E-state index contributed by atoms with van der Waals surface area (Å²) in [4.78, 5) is 37.3. The summed E-state index contributed by atoms with van der Waals surface area (Å²) in [7, 11) is 2.13. The number of hydrogen-bond donors (Lipinski definition) is 4. The maximum Gasteiger partial charge on any atom is 0.328 e. The predicted octanol–water partition coefficient (Wildman–Crippen LogP) is 2.27. The van der Waals surface area contributed by atoms with Crippen molar-refractivity contribution in [3.63, 3.8) is 0 Å². The van der Waals surface area contributed by atoms with Crippen molar-refractivity contribution in [2.75, 3.05) is 13.6 Å². The summed E-state index contributed by atoms with van der Waals surface area (Å²) >= 11 is 0. The van der Waals surface area contributed by atoms with Crippen LogP contribution in [-0.4, -0.2) is 63.6 Å². The standard InChI is InChI=1S/C19H23N3O.C4H4O4/c1-11(2)21-19(23)13-7-15-14-5-4-6-16-18(14)12(9-20-16)8-17(15)22(3)10-13;5-3(6)1-2-4(7)8/h4-7,9,11,13,17,20H,8,10H2,1-3H3,(H,21,23);1-2H,(H,5,6)(H,7,8). The van der Waals surface area contributed by atoms with Crippen LogP contribution in [0.5, 0.6) is 0 Å². The fourth-order valence-electron chi connectivity index (χ4n) is 4.15. The lowest BCUT2D eigenvalue weighted by Gasteiger charge is -2.39. The van der Waals surface area contributed by atoms with Crippen LogP contribution in [0.1, 0.15) is 25.0 Å². The number of aromatic nitrogens is 1. The average Bonchev–Trinajstić information content (AvgIpc) is 3.11. The minimum Gasteiger partial charge on any atom is -0.478 e. The monoisotopic (exact) mass is 425 g/mol. The average molecular weight is 425 g/mol. The van der Waals surface area contributed by atoms with E-state index >= 15 is 0 Å². The van der Waals surface area contributed by atoms with E-state index in [1.54, 1.807) is 0 Å². The number of fused-ring (bicyclic) bond motifs is 2. The van der Waals surface area contributed by atoms with Gasteiger partial charge in [0.2, 0.25) is 5.91 Å². The largest absolute Gasteiger partial charge is 0.478 e. The molecule has 4 rings (SSSR count). The molecule has 0 fully saturated rings. The lowest BCUT2D eigenvalue weighted by atomic mass is 9.80. The third-order valence-electron chi connectivity index (χ3n) is 5.40. The Balaban J connectivity index is 0.000000293. The van der Waals surface area contributed by atoms with E-state index in [1.165, 1.54) is 27.6 Å². The summed E-state index contributed by atoms with van der Waals surface area (Å²) in [6.45, 7) is 4.80. The Morgan fingerprint density at radius 3 is 2.48 bits per heavy atom. The Hall–Kier alpha value is -3.39. The number of carboxylic acid groups (broad SMARTS) is 2. The molecular formula is C23H27N3O5. The molecule has 164 valence electrons. The van der Waals surface area contributed by atoms with E-state index in [2.05, 4.69) is 52.7 Å². The van der Waals surface area contributed by atoms with E-state index in [9.17, 15) is 14.4 Å². The maximum atomic E-state index is 12.5. The van der Waals surface area contributed by atoms with Crippen LogP contribution in [-0.2, 0) is 20.8 Å². The molecule has 0 radical (unpaired) electrons. The number of hydrogen-bond acceptors (Lipinski definition) is 4. The second-order valence-electron chi connectivity index (χ2n) is 8.10. The van der Waals surface area contributed by atoms with Crippen molar-refractivity contribution in [1.82, 2.24) is 15.2 Å². The number of carbonyl (C=O) groups is 3. The Bertz CT molecular complexity index is 1050. The molecule has 2 atom stereocenters. The lowest BCUT2D eigenvalue weighted by Crippen LogP contribution is -2.47. The number of aliphatic carboxylic acids is 2. The first-order valence-electron chi connectivity index (χ1n) is 10.1. The van der Waals surface area contributed by atoms with Gasteiger partial charge < -0.3 is 20.5 Å². The van der Waals surface area contributed by atoms with E-state index in [4.69, 9.17) is 10.2 Å². The normalized spacial score (nSPS) is 20.1. The molecule has 0 saturated carbocycles. The van der Waals surface area contributed by atoms with E-state index < -0.39 is 11.9 Å². The van der Waals surface area contributed by atoms with E-state index in [0.29, 0.717) is 18.2 Å². The second-order valence-corrected chi connectivity index (χ2v) is 8.10. The van der Waals surface area contributed by atoms with Crippen molar-refractivity contribution in [1.29, 1.82) is 0 Å². The van der Waals surface area contributed by atoms with Gasteiger partial charge in [-0.2, -0.15) is 0 Å². The van der Waals surface area contributed by atoms with Crippen LogP contribution in [0.2, 0.25) is 0 Å². The van der Waals surface area contributed by atoms with Gasteiger partial charge in [0.1, 0.15) is 0 Å². The molecular weight excluding hydrogens is 398 g/mol. The lowest BCUT2D eigenvalue weighted by molar-refractivity contribution is -0.134. The van der Waals surface area contributed by atoms with Gasteiger partial charge in [0.25, 0.3) is 0 Å². The van der Waals surface area contributed by atoms with Crippen LogP contribution < -0.4 is 5.32 Å². The van der Waals surface area contributed by atoms with Gasteiger partial charge in [0.05, 0.1) is 5.92 Å². The molecule has 31 heavy (non-hydrogen) atoms. The minimum atomic E-state index is -1.26. The molecule has 2 unspecified atom stereocenters. The number of carbonyl (C=O) groups excluding carboxylic acids is 1. The summed E-state index contributed by atoms with van der Waals surface area (Å²) in [6, 6.07) is 6.95. The quantitative estimate of drug-likeness (QED) is 0.558. The summed E-state index contributed by atoms with van der Waals surface area (Å²) in [5, 5.41) is 20.0. The number of amides is 1. The molecule has 2 aromatic rings. The Labute approximate surface area is 180 Å². The minimum absolute atomic E-state index is 0.0793. The molecule has 4 N–H and O–H groups in total. The zero-order chi connectivity index (χ0) is 22.7. The van der Waals surface area contributed by atoms with Gasteiger partial charge in [-0.15, -0.1) is 0 Å². The zero-order valence-corrected chi connectivity index (χ0v) is 17.8. The molecule has 1 aliphatic carbocycles. The van der Waals surface area contributed by atoms with Crippen molar-refractivity contribution >= 4 is 34.3 Å². The molecule has 1 aromatic carbocycles. The number of benzene rings is 1. The van der Waals surface area contributed by atoms with Gasteiger partial charge in [0, 0.05) is 47.9 Å². The summed E-state index contributed by atoms with van der Waals surface area (Å²) in [6.07, 6.45) is 6.46. The molecule has 8 nitrogen and oxygen atoms in total. The highest BCUT2D eigenvalue weighted by Crippen LogP contribution is 2.40. The number of rotatable bonds is 4. The van der Waals surface area contributed by atoms with Crippen LogP contribution in [0, 0.1) is 5.92 Å².